The molecule has 72 valence electrons. The third-order valence-corrected chi connectivity index (χ3v) is 2.88. The molecule has 4 heteroatoms. The molecule has 0 bridgehead atoms. The summed E-state index contributed by atoms with van der Waals surface area (Å²) >= 11 is 0. The number of hydrogen-bond donors (Lipinski definition) is 0. The minimum Gasteiger partial charge on any atom is -0.424 e. The van der Waals surface area contributed by atoms with Gasteiger partial charge < -0.3 is 9.05 Å². The van der Waals surface area contributed by atoms with E-state index in [1.165, 1.54) is 13.8 Å². The highest BCUT2D eigenvalue weighted by molar-refractivity contribution is 7.53. The first kappa shape index (κ1) is 10.3. The van der Waals surface area contributed by atoms with Gasteiger partial charge in [0, 0.05) is 13.8 Å². The summed E-state index contributed by atoms with van der Waals surface area (Å²) < 4.78 is 21.4. The van der Waals surface area contributed by atoms with Gasteiger partial charge in [-0.3, -0.25) is 0 Å². The fourth-order valence-electron chi connectivity index (χ4n) is 0.875. The van der Waals surface area contributed by atoms with Crippen molar-refractivity contribution in [2.45, 2.75) is 6.92 Å². The van der Waals surface area contributed by atoms with E-state index >= 15 is 0 Å². The van der Waals surface area contributed by atoms with Crippen molar-refractivity contribution < 1.29 is 13.6 Å². The second kappa shape index (κ2) is 3.95. The second-order valence-corrected chi connectivity index (χ2v) is 4.90. The largest absolute Gasteiger partial charge is 0.424 e. The van der Waals surface area contributed by atoms with Gasteiger partial charge >= 0.3 is 7.60 Å². The van der Waals surface area contributed by atoms with Gasteiger partial charge in [-0.25, -0.2) is 4.57 Å². The minimum absolute atomic E-state index is 0.607. The van der Waals surface area contributed by atoms with E-state index in [1.807, 2.05) is 25.1 Å². The maximum Gasteiger partial charge on any atom is 0.375 e. The van der Waals surface area contributed by atoms with Crippen molar-refractivity contribution >= 4 is 7.60 Å². The number of aryl methyl sites for hydroxylation is 1. The predicted octanol–water partition coefficient (Wildman–Crippen LogP) is 2.84. The van der Waals surface area contributed by atoms with Crippen LogP contribution in [0.15, 0.2) is 24.3 Å². The molecule has 1 atom stereocenters. The molecule has 0 saturated carbocycles. The van der Waals surface area contributed by atoms with E-state index in [0.717, 1.165) is 5.56 Å². The molecule has 0 aliphatic carbocycles. The molecule has 0 radical (unpaired) electrons. The highest BCUT2D eigenvalue weighted by atomic mass is 31.2. The second-order valence-electron chi connectivity index (χ2n) is 2.81. The molecule has 1 aromatic rings. The Morgan fingerprint density at radius 1 is 1.31 bits per heavy atom. The van der Waals surface area contributed by atoms with Crippen molar-refractivity contribution in [3.8, 4) is 5.75 Å². The Kier molecular flexibility index (Phi) is 3.12. The molecular formula is C9H13O3P. The molecule has 0 spiro atoms. The zero-order valence-electron chi connectivity index (χ0n) is 7.98. The first-order valence-corrected chi connectivity index (χ1v) is 5.92. The average Bonchev–Trinajstić information content (AvgIpc) is 2.09. The van der Waals surface area contributed by atoms with Gasteiger partial charge in [-0.1, -0.05) is 18.2 Å². The normalized spacial score (nSPS) is 15.0. The van der Waals surface area contributed by atoms with Crippen LogP contribution in [0.5, 0.6) is 5.75 Å². The molecule has 0 amide bonds. The summed E-state index contributed by atoms with van der Waals surface area (Å²) in [5, 5.41) is 0. The van der Waals surface area contributed by atoms with Crippen LogP contribution in [0.3, 0.4) is 0 Å². The van der Waals surface area contributed by atoms with Gasteiger partial charge in [0.15, 0.2) is 0 Å². The molecule has 0 N–H and O–H groups in total. The summed E-state index contributed by atoms with van der Waals surface area (Å²) in [6.45, 7) is 3.34. The fraction of sp³-hybridized carbons (Fsp3) is 0.333. The van der Waals surface area contributed by atoms with E-state index in [1.54, 1.807) is 6.07 Å². The first-order valence-electron chi connectivity index (χ1n) is 3.93. The van der Waals surface area contributed by atoms with E-state index < -0.39 is 7.60 Å². The molecule has 0 aromatic heterocycles. The summed E-state index contributed by atoms with van der Waals surface area (Å²) in [6.07, 6.45) is 0. The molecule has 0 heterocycles. The summed E-state index contributed by atoms with van der Waals surface area (Å²) in [6, 6.07) is 7.39. The highest BCUT2D eigenvalue weighted by Gasteiger charge is 2.16. The van der Waals surface area contributed by atoms with Crippen LogP contribution in [-0.2, 0) is 9.09 Å². The van der Waals surface area contributed by atoms with Crippen LogP contribution in [0.1, 0.15) is 5.56 Å². The van der Waals surface area contributed by atoms with Crippen molar-refractivity contribution in [1.29, 1.82) is 0 Å². The molecule has 1 unspecified atom stereocenters. The van der Waals surface area contributed by atoms with Gasteiger partial charge in [0.1, 0.15) is 5.75 Å². The van der Waals surface area contributed by atoms with Crippen LogP contribution >= 0.6 is 7.60 Å². The highest BCUT2D eigenvalue weighted by Crippen LogP contribution is 2.43. The number of para-hydroxylation sites is 1. The lowest BCUT2D eigenvalue weighted by Crippen LogP contribution is -1.94. The Labute approximate surface area is 78.2 Å². The Morgan fingerprint density at radius 3 is 2.46 bits per heavy atom. The predicted molar refractivity (Wildman–Crippen MR) is 52.3 cm³/mol. The lowest BCUT2D eigenvalue weighted by molar-refractivity contribution is 0.328. The summed E-state index contributed by atoms with van der Waals surface area (Å²) in [7, 11) is -1.55. The first-order chi connectivity index (χ1) is 6.05. The number of hydrogen-bond acceptors (Lipinski definition) is 3. The van der Waals surface area contributed by atoms with E-state index in [4.69, 9.17) is 9.05 Å². The van der Waals surface area contributed by atoms with Crippen LogP contribution in [-0.4, -0.2) is 13.8 Å². The lowest BCUT2D eigenvalue weighted by atomic mass is 10.2. The number of rotatable bonds is 3. The molecule has 3 nitrogen and oxygen atoms in total. The average molecular weight is 200 g/mol. The third-order valence-electron chi connectivity index (χ3n) is 1.69. The van der Waals surface area contributed by atoms with Crippen LogP contribution in [0.4, 0.5) is 0 Å². The lowest BCUT2D eigenvalue weighted by Gasteiger charge is -2.13. The molecule has 0 aliphatic heterocycles. The quantitative estimate of drug-likeness (QED) is 0.704. The molecular weight excluding hydrogens is 187 g/mol. The maximum atomic E-state index is 11.5. The molecule has 0 saturated heterocycles. The Morgan fingerprint density at radius 2 is 1.92 bits per heavy atom. The molecule has 0 fully saturated rings. The number of benzene rings is 1. The summed E-state index contributed by atoms with van der Waals surface area (Å²) in [4.78, 5) is 0. The monoisotopic (exact) mass is 200 g/mol. The topological polar surface area (TPSA) is 35.5 Å². The SMILES string of the molecule is COP(C)(=O)Oc1ccccc1C. The van der Waals surface area contributed by atoms with E-state index in [-0.39, 0.29) is 0 Å². The molecule has 13 heavy (non-hydrogen) atoms. The fourth-order valence-corrected chi connectivity index (χ4v) is 1.51. The van der Waals surface area contributed by atoms with Gasteiger partial charge in [0.25, 0.3) is 0 Å². The Bertz CT molecular complexity index is 335. The Hall–Kier alpha value is -0.790. The van der Waals surface area contributed by atoms with Crippen molar-refractivity contribution in [3.05, 3.63) is 29.8 Å². The van der Waals surface area contributed by atoms with Gasteiger partial charge in [-0.15, -0.1) is 0 Å². The van der Waals surface area contributed by atoms with Gasteiger partial charge in [-0.2, -0.15) is 0 Å². The Balaban J connectivity index is 2.86. The zero-order chi connectivity index (χ0) is 9.90. The van der Waals surface area contributed by atoms with Crippen LogP contribution in [0.2, 0.25) is 0 Å². The van der Waals surface area contributed by atoms with Crippen LogP contribution in [0.25, 0.3) is 0 Å². The minimum atomic E-state index is -2.92. The smallest absolute Gasteiger partial charge is 0.375 e. The zero-order valence-corrected chi connectivity index (χ0v) is 8.88. The van der Waals surface area contributed by atoms with Crippen molar-refractivity contribution in [1.82, 2.24) is 0 Å². The van der Waals surface area contributed by atoms with E-state index in [2.05, 4.69) is 0 Å². The maximum absolute atomic E-state index is 11.5. The van der Waals surface area contributed by atoms with E-state index in [9.17, 15) is 4.57 Å². The van der Waals surface area contributed by atoms with Crippen molar-refractivity contribution in [3.63, 3.8) is 0 Å². The molecule has 1 aromatic carbocycles. The third kappa shape index (κ3) is 2.87. The summed E-state index contributed by atoms with van der Waals surface area (Å²) in [5.41, 5.74) is 0.946. The van der Waals surface area contributed by atoms with Crippen LogP contribution in [0, 0.1) is 6.92 Å². The van der Waals surface area contributed by atoms with Crippen molar-refractivity contribution in [2.24, 2.45) is 0 Å². The van der Waals surface area contributed by atoms with E-state index in [0.29, 0.717) is 5.75 Å². The molecule has 1 rings (SSSR count). The van der Waals surface area contributed by atoms with Crippen molar-refractivity contribution in [2.75, 3.05) is 13.8 Å². The van der Waals surface area contributed by atoms with Crippen LogP contribution < -0.4 is 4.52 Å². The van der Waals surface area contributed by atoms with Gasteiger partial charge in [0.2, 0.25) is 0 Å². The summed E-state index contributed by atoms with van der Waals surface area (Å²) in [5.74, 6) is 0.607. The van der Waals surface area contributed by atoms with Gasteiger partial charge in [0.05, 0.1) is 0 Å². The standard InChI is InChI=1S/C9H13O3P/c1-8-6-4-5-7-9(8)12-13(3,10)11-2/h4-7H,1-3H3. The molecule has 0 aliphatic rings. The van der Waals surface area contributed by atoms with Gasteiger partial charge in [-0.05, 0) is 18.6 Å².